The fourth-order valence-corrected chi connectivity index (χ4v) is 1.53. The highest BCUT2D eigenvalue weighted by atomic mass is 35.5. The number of nitrogens with zero attached hydrogens (tertiary/aromatic N) is 1. The smallest absolute Gasteiger partial charge is 0.257 e. The van der Waals surface area contributed by atoms with Gasteiger partial charge < -0.3 is 10.0 Å². The van der Waals surface area contributed by atoms with E-state index in [1.807, 2.05) is 6.92 Å². The average molecular weight is 242 g/mol. The summed E-state index contributed by atoms with van der Waals surface area (Å²) in [6.45, 7) is 3.62. The van der Waals surface area contributed by atoms with Crippen molar-refractivity contribution in [1.82, 2.24) is 4.90 Å². The first-order chi connectivity index (χ1) is 7.49. The van der Waals surface area contributed by atoms with Gasteiger partial charge in [0.25, 0.3) is 5.91 Å². The summed E-state index contributed by atoms with van der Waals surface area (Å²) >= 11 is 5.69. The molecule has 0 aliphatic rings. The maximum absolute atomic E-state index is 12.0. The SMILES string of the molecule is Cc1cccc(C(=O)N(C)C(C)CCl)c1O. The molecule has 1 aromatic rings. The van der Waals surface area contributed by atoms with E-state index in [0.29, 0.717) is 17.0 Å². The minimum Gasteiger partial charge on any atom is -0.507 e. The lowest BCUT2D eigenvalue weighted by molar-refractivity contribution is 0.0753. The zero-order chi connectivity index (χ0) is 12.3. The second-order valence-corrected chi connectivity index (χ2v) is 4.20. The zero-order valence-electron chi connectivity index (χ0n) is 9.70. The van der Waals surface area contributed by atoms with Crippen molar-refractivity contribution in [2.24, 2.45) is 0 Å². The first-order valence-corrected chi connectivity index (χ1v) is 5.64. The molecule has 3 nitrogen and oxygen atoms in total. The Balaban J connectivity index is 3.01. The fraction of sp³-hybridized carbons (Fsp3) is 0.417. The van der Waals surface area contributed by atoms with Crippen LogP contribution in [0.15, 0.2) is 18.2 Å². The molecule has 1 N–H and O–H groups in total. The molecule has 0 heterocycles. The third-order valence-electron chi connectivity index (χ3n) is 2.67. The highest BCUT2D eigenvalue weighted by molar-refractivity contribution is 6.18. The Morgan fingerprint density at radius 1 is 1.56 bits per heavy atom. The summed E-state index contributed by atoms with van der Waals surface area (Å²) in [4.78, 5) is 13.6. The van der Waals surface area contributed by atoms with E-state index in [2.05, 4.69) is 0 Å². The number of benzene rings is 1. The van der Waals surface area contributed by atoms with Crippen LogP contribution in [0.25, 0.3) is 0 Å². The first-order valence-electron chi connectivity index (χ1n) is 5.10. The van der Waals surface area contributed by atoms with Crippen LogP contribution >= 0.6 is 11.6 Å². The summed E-state index contributed by atoms with van der Waals surface area (Å²) in [5.74, 6) is 0.199. The molecule has 0 aliphatic carbocycles. The summed E-state index contributed by atoms with van der Waals surface area (Å²) in [5.41, 5.74) is 1.01. The van der Waals surface area contributed by atoms with Crippen molar-refractivity contribution in [2.45, 2.75) is 19.9 Å². The van der Waals surface area contributed by atoms with Crippen LogP contribution in [0, 0.1) is 6.92 Å². The van der Waals surface area contributed by atoms with Crippen molar-refractivity contribution in [3.8, 4) is 5.75 Å². The molecular weight excluding hydrogens is 226 g/mol. The van der Waals surface area contributed by atoms with E-state index in [1.54, 1.807) is 32.2 Å². The molecule has 1 unspecified atom stereocenters. The van der Waals surface area contributed by atoms with Gasteiger partial charge in [0.1, 0.15) is 5.75 Å². The van der Waals surface area contributed by atoms with Crippen molar-refractivity contribution < 1.29 is 9.90 Å². The van der Waals surface area contributed by atoms with Crippen molar-refractivity contribution in [3.05, 3.63) is 29.3 Å². The number of aromatic hydroxyl groups is 1. The maximum atomic E-state index is 12.0. The van der Waals surface area contributed by atoms with Gasteiger partial charge in [-0.1, -0.05) is 12.1 Å². The van der Waals surface area contributed by atoms with Crippen LogP contribution in [-0.2, 0) is 0 Å². The third kappa shape index (κ3) is 2.47. The number of carbonyl (C=O) groups is 1. The van der Waals surface area contributed by atoms with Gasteiger partial charge in [-0.2, -0.15) is 0 Å². The highest BCUT2D eigenvalue weighted by Crippen LogP contribution is 2.23. The summed E-state index contributed by atoms with van der Waals surface area (Å²) < 4.78 is 0. The Morgan fingerprint density at radius 2 is 2.19 bits per heavy atom. The maximum Gasteiger partial charge on any atom is 0.257 e. The Bertz CT molecular complexity index is 393. The predicted molar refractivity (Wildman–Crippen MR) is 65.1 cm³/mol. The number of aryl methyl sites for hydroxylation is 1. The van der Waals surface area contributed by atoms with E-state index < -0.39 is 0 Å². The lowest BCUT2D eigenvalue weighted by atomic mass is 10.1. The van der Waals surface area contributed by atoms with Gasteiger partial charge in [-0.25, -0.2) is 0 Å². The topological polar surface area (TPSA) is 40.5 Å². The fourth-order valence-electron chi connectivity index (χ4n) is 1.33. The van der Waals surface area contributed by atoms with Crippen molar-refractivity contribution in [2.75, 3.05) is 12.9 Å². The number of phenolic OH excluding ortho intramolecular Hbond substituents is 1. The van der Waals surface area contributed by atoms with Gasteiger partial charge in [0.15, 0.2) is 0 Å². The molecule has 4 heteroatoms. The molecule has 0 fully saturated rings. The number of alkyl halides is 1. The molecule has 16 heavy (non-hydrogen) atoms. The van der Waals surface area contributed by atoms with Gasteiger partial charge in [-0.3, -0.25) is 4.79 Å². The molecule has 0 spiro atoms. The molecular formula is C12H16ClNO2. The number of halogens is 1. The van der Waals surface area contributed by atoms with E-state index >= 15 is 0 Å². The Morgan fingerprint density at radius 3 is 2.75 bits per heavy atom. The molecule has 0 saturated heterocycles. The lowest BCUT2D eigenvalue weighted by Crippen LogP contribution is -2.36. The molecule has 0 aromatic heterocycles. The number of hydrogen-bond donors (Lipinski definition) is 1. The van der Waals surface area contributed by atoms with Gasteiger partial charge in [0, 0.05) is 19.0 Å². The number of rotatable bonds is 3. The van der Waals surface area contributed by atoms with E-state index in [4.69, 9.17) is 11.6 Å². The quantitative estimate of drug-likeness (QED) is 0.826. The van der Waals surface area contributed by atoms with Crippen LogP contribution in [0.4, 0.5) is 0 Å². The number of phenols is 1. The molecule has 0 saturated carbocycles. The molecule has 1 atom stereocenters. The van der Waals surface area contributed by atoms with Gasteiger partial charge in [-0.15, -0.1) is 11.6 Å². The highest BCUT2D eigenvalue weighted by Gasteiger charge is 2.20. The second-order valence-electron chi connectivity index (χ2n) is 3.89. The zero-order valence-corrected chi connectivity index (χ0v) is 10.5. The molecule has 1 aromatic carbocycles. The van der Waals surface area contributed by atoms with Crippen LogP contribution in [0.5, 0.6) is 5.75 Å². The number of hydrogen-bond acceptors (Lipinski definition) is 2. The van der Waals surface area contributed by atoms with Crippen LogP contribution in [0.1, 0.15) is 22.8 Å². The molecule has 0 bridgehead atoms. The number of para-hydroxylation sites is 1. The molecule has 0 aliphatic heterocycles. The number of carbonyl (C=O) groups excluding carboxylic acids is 1. The molecule has 1 rings (SSSR count). The van der Waals surface area contributed by atoms with E-state index in [0.717, 1.165) is 0 Å². The Labute approximate surface area is 101 Å². The average Bonchev–Trinajstić information content (AvgIpc) is 2.29. The van der Waals surface area contributed by atoms with E-state index in [1.165, 1.54) is 4.90 Å². The molecule has 88 valence electrons. The molecule has 1 amide bonds. The summed E-state index contributed by atoms with van der Waals surface area (Å²) in [5, 5.41) is 9.79. The van der Waals surface area contributed by atoms with Crippen LogP contribution in [0.3, 0.4) is 0 Å². The molecule has 0 radical (unpaired) electrons. The van der Waals surface area contributed by atoms with Gasteiger partial charge in [-0.05, 0) is 25.5 Å². The van der Waals surface area contributed by atoms with Crippen molar-refractivity contribution in [3.63, 3.8) is 0 Å². The monoisotopic (exact) mass is 241 g/mol. The first kappa shape index (κ1) is 12.8. The third-order valence-corrected chi connectivity index (χ3v) is 3.12. The van der Waals surface area contributed by atoms with E-state index in [-0.39, 0.29) is 17.7 Å². The van der Waals surface area contributed by atoms with Gasteiger partial charge in [0.05, 0.1) is 5.56 Å². The summed E-state index contributed by atoms with van der Waals surface area (Å²) in [7, 11) is 1.68. The summed E-state index contributed by atoms with van der Waals surface area (Å²) in [6, 6.07) is 5.06. The predicted octanol–water partition coefficient (Wildman–Crippen LogP) is 2.40. The van der Waals surface area contributed by atoms with Crippen LogP contribution < -0.4 is 0 Å². The van der Waals surface area contributed by atoms with Crippen LogP contribution in [0.2, 0.25) is 0 Å². The van der Waals surface area contributed by atoms with Crippen molar-refractivity contribution >= 4 is 17.5 Å². The van der Waals surface area contributed by atoms with Gasteiger partial charge >= 0.3 is 0 Å². The standard InChI is InChI=1S/C12H16ClNO2/c1-8-5-4-6-10(11(8)15)12(16)14(3)9(2)7-13/h4-6,9,15H,7H2,1-3H3. The lowest BCUT2D eigenvalue weighted by Gasteiger charge is -2.23. The Hall–Kier alpha value is -1.22. The largest absolute Gasteiger partial charge is 0.507 e. The van der Waals surface area contributed by atoms with Crippen LogP contribution in [-0.4, -0.2) is 34.9 Å². The van der Waals surface area contributed by atoms with E-state index in [9.17, 15) is 9.90 Å². The minimum atomic E-state index is -0.214. The van der Waals surface area contributed by atoms with Crippen molar-refractivity contribution in [1.29, 1.82) is 0 Å². The van der Waals surface area contributed by atoms with Gasteiger partial charge in [0.2, 0.25) is 0 Å². The second kappa shape index (κ2) is 5.21. The number of amides is 1. The summed E-state index contributed by atoms with van der Waals surface area (Å²) in [6.07, 6.45) is 0. The minimum absolute atomic E-state index is 0.0427. The Kier molecular flexibility index (Phi) is 4.19. The normalized spacial score (nSPS) is 12.2.